The normalized spacial score (nSPS) is 10.4. The molecule has 0 saturated heterocycles. The molecular formula is C23H23BrN2O4. The second kappa shape index (κ2) is 9.63. The third-order valence-corrected chi connectivity index (χ3v) is 5.12. The second-order valence-corrected chi connectivity index (χ2v) is 7.47. The van der Waals surface area contributed by atoms with Crippen molar-refractivity contribution in [2.24, 2.45) is 0 Å². The van der Waals surface area contributed by atoms with Crippen LogP contribution in [0.25, 0.3) is 11.3 Å². The Morgan fingerprint density at radius 1 is 1.00 bits per heavy atom. The van der Waals surface area contributed by atoms with Gasteiger partial charge in [-0.2, -0.15) is 0 Å². The molecule has 1 aromatic heterocycles. The molecule has 0 atom stereocenters. The number of rotatable bonds is 7. The van der Waals surface area contributed by atoms with Gasteiger partial charge in [-0.15, -0.1) is 0 Å². The van der Waals surface area contributed by atoms with Gasteiger partial charge in [0.05, 0.1) is 38.3 Å². The van der Waals surface area contributed by atoms with E-state index in [4.69, 9.17) is 14.2 Å². The van der Waals surface area contributed by atoms with Gasteiger partial charge < -0.3 is 19.5 Å². The Balaban J connectivity index is 1.77. The molecule has 0 bridgehead atoms. The van der Waals surface area contributed by atoms with E-state index in [-0.39, 0.29) is 5.91 Å². The van der Waals surface area contributed by atoms with Gasteiger partial charge in [-0.1, -0.05) is 28.1 Å². The number of nitrogens with zero attached hydrogens (tertiary/aromatic N) is 1. The minimum absolute atomic E-state index is 0.199. The summed E-state index contributed by atoms with van der Waals surface area (Å²) in [6, 6.07) is 15.1. The molecule has 7 heteroatoms. The van der Waals surface area contributed by atoms with Crippen LogP contribution in [0.4, 0.5) is 0 Å². The second-order valence-electron chi connectivity index (χ2n) is 6.56. The molecular weight excluding hydrogens is 448 g/mol. The number of carbonyl (C=O) groups is 1. The first kappa shape index (κ1) is 21.6. The fraction of sp³-hybridized carbons (Fsp3) is 0.217. The fourth-order valence-corrected chi connectivity index (χ4v) is 3.52. The molecule has 3 aromatic rings. The van der Waals surface area contributed by atoms with Crippen LogP contribution in [-0.2, 0) is 6.54 Å². The Morgan fingerprint density at radius 3 is 2.27 bits per heavy atom. The molecule has 0 aliphatic carbocycles. The van der Waals surface area contributed by atoms with Gasteiger partial charge in [0.25, 0.3) is 5.91 Å². The van der Waals surface area contributed by atoms with Crippen LogP contribution in [0.3, 0.4) is 0 Å². The van der Waals surface area contributed by atoms with E-state index in [0.717, 1.165) is 21.3 Å². The molecule has 156 valence electrons. The SMILES string of the molecule is COc1cc(CNC(=O)c2ccc(-c3cccc(Br)c3)nc2C)cc(OC)c1OC. The van der Waals surface area contributed by atoms with Crippen LogP contribution in [0.1, 0.15) is 21.6 Å². The number of ether oxygens (including phenoxy) is 3. The summed E-state index contributed by atoms with van der Waals surface area (Å²) >= 11 is 3.47. The summed E-state index contributed by atoms with van der Waals surface area (Å²) in [6.45, 7) is 2.14. The van der Waals surface area contributed by atoms with Crippen LogP contribution in [0, 0.1) is 6.92 Å². The number of pyridine rings is 1. The summed E-state index contributed by atoms with van der Waals surface area (Å²) in [5.74, 6) is 1.39. The average Bonchev–Trinajstić information content (AvgIpc) is 2.76. The van der Waals surface area contributed by atoms with Crippen LogP contribution in [0.5, 0.6) is 17.2 Å². The maximum Gasteiger partial charge on any atom is 0.253 e. The lowest BCUT2D eigenvalue weighted by Gasteiger charge is -2.15. The zero-order valence-corrected chi connectivity index (χ0v) is 18.9. The first-order valence-electron chi connectivity index (χ1n) is 9.27. The largest absolute Gasteiger partial charge is 0.493 e. The van der Waals surface area contributed by atoms with Crippen molar-refractivity contribution >= 4 is 21.8 Å². The van der Waals surface area contributed by atoms with Crippen molar-refractivity contribution in [1.29, 1.82) is 0 Å². The van der Waals surface area contributed by atoms with Gasteiger partial charge >= 0.3 is 0 Å². The molecule has 0 aliphatic heterocycles. The molecule has 1 heterocycles. The number of halogens is 1. The third-order valence-electron chi connectivity index (χ3n) is 4.63. The van der Waals surface area contributed by atoms with E-state index in [0.29, 0.717) is 35.1 Å². The summed E-state index contributed by atoms with van der Waals surface area (Å²) < 4.78 is 17.0. The van der Waals surface area contributed by atoms with Crippen LogP contribution >= 0.6 is 15.9 Å². The van der Waals surface area contributed by atoms with Crippen molar-refractivity contribution in [3.63, 3.8) is 0 Å². The molecule has 2 aromatic carbocycles. The summed E-state index contributed by atoms with van der Waals surface area (Å²) in [4.78, 5) is 17.3. The van der Waals surface area contributed by atoms with Gasteiger partial charge in [0, 0.05) is 16.6 Å². The maximum absolute atomic E-state index is 12.7. The number of hydrogen-bond acceptors (Lipinski definition) is 5. The quantitative estimate of drug-likeness (QED) is 0.538. The minimum atomic E-state index is -0.199. The fourth-order valence-electron chi connectivity index (χ4n) is 3.12. The van der Waals surface area contributed by atoms with Gasteiger partial charge in [0.1, 0.15) is 0 Å². The molecule has 3 rings (SSSR count). The van der Waals surface area contributed by atoms with E-state index in [1.54, 1.807) is 27.4 Å². The van der Waals surface area contributed by atoms with Crippen LogP contribution in [-0.4, -0.2) is 32.2 Å². The molecule has 0 radical (unpaired) electrons. The summed E-state index contributed by atoms with van der Waals surface area (Å²) in [6.07, 6.45) is 0. The Labute approximate surface area is 184 Å². The highest BCUT2D eigenvalue weighted by atomic mass is 79.9. The lowest BCUT2D eigenvalue weighted by atomic mass is 10.1. The highest BCUT2D eigenvalue weighted by molar-refractivity contribution is 9.10. The topological polar surface area (TPSA) is 69.7 Å². The molecule has 30 heavy (non-hydrogen) atoms. The molecule has 0 spiro atoms. The van der Waals surface area contributed by atoms with E-state index in [9.17, 15) is 4.79 Å². The first-order valence-corrected chi connectivity index (χ1v) is 10.1. The molecule has 6 nitrogen and oxygen atoms in total. The molecule has 1 amide bonds. The third kappa shape index (κ3) is 4.74. The zero-order valence-electron chi connectivity index (χ0n) is 17.3. The summed E-state index contributed by atoms with van der Waals surface area (Å²) in [7, 11) is 4.67. The van der Waals surface area contributed by atoms with E-state index >= 15 is 0 Å². The van der Waals surface area contributed by atoms with Gasteiger partial charge in [-0.25, -0.2) is 0 Å². The Bertz CT molecular complexity index is 1040. The number of aromatic nitrogens is 1. The Hall–Kier alpha value is -3.06. The molecule has 0 unspecified atom stereocenters. The van der Waals surface area contributed by atoms with Crippen LogP contribution in [0.15, 0.2) is 53.0 Å². The van der Waals surface area contributed by atoms with E-state index in [1.165, 1.54) is 0 Å². The number of amides is 1. The highest BCUT2D eigenvalue weighted by Gasteiger charge is 2.15. The lowest BCUT2D eigenvalue weighted by molar-refractivity contribution is 0.0950. The Morgan fingerprint density at radius 2 is 1.70 bits per heavy atom. The molecule has 0 saturated carbocycles. The lowest BCUT2D eigenvalue weighted by Crippen LogP contribution is -2.24. The van der Waals surface area contributed by atoms with Crippen LogP contribution in [0.2, 0.25) is 0 Å². The summed E-state index contributed by atoms with van der Waals surface area (Å²) in [5, 5.41) is 2.93. The number of carbonyl (C=O) groups excluding carboxylic acids is 1. The predicted molar refractivity (Wildman–Crippen MR) is 119 cm³/mol. The first-order chi connectivity index (χ1) is 14.5. The number of aryl methyl sites for hydroxylation is 1. The number of hydrogen-bond donors (Lipinski definition) is 1. The van der Waals surface area contributed by atoms with E-state index < -0.39 is 0 Å². The maximum atomic E-state index is 12.7. The van der Waals surface area contributed by atoms with Crippen molar-refractivity contribution in [1.82, 2.24) is 10.3 Å². The van der Waals surface area contributed by atoms with Gasteiger partial charge in [-0.3, -0.25) is 9.78 Å². The van der Waals surface area contributed by atoms with Gasteiger partial charge in [0.2, 0.25) is 5.75 Å². The standard InChI is InChI=1S/C23H23BrN2O4/c1-14-18(8-9-19(26-14)16-6-5-7-17(24)12-16)23(27)25-13-15-10-20(28-2)22(30-4)21(11-15)29-3/h5-12H,13H2,1-4H3,(H,25,27). The van der Waals surface area contributed by atoms with Gasteiger partial charge in [-0.05, 0) is 48.9 Å². The van der Waals surface area contributed by atoms with E-state index in [1.807, 2.05) is 49.4 Å². The molecule has 0 fully saturated rings. The highest BCUT2D eigenvalue weighted by Crippen LogP contribution is 2.38. The van der Waals surface area contributed by atoms with Crippen molar-refractivity contribution in [3.8, 4) is 28.5 Å². The Kier molecular flexibility index (Phi) is 6.95. The van der Waals surface area contributed by atoms with Gasteiger partial charge in [0.15, 0.2) is 11.5 Å². The zero-order chi connectivity index (χ0) is 21.7. The summed E-state index contributed by atoms with van der Waals surface area (Å²) in [5.41, 5.74) is 3.82. The molecule has 1 N–H and O–H groups in total. The molecule has 0 aliphatic rings. The number of nitrogens with one attached hydrogen (secondary N) is 1. The monoisotopic (exact) mass is 470 g/mol. The van der Waals surface area contributed by atoms with Crippen molar-refractivity contribution < 1.29 is 19.0 Å². The smallest absolute Gasteiger partial charge is 0.253 e. The van der Waals surface area contributed by atoms with Crippen molar-refractivity contribution in [2.75, 3.05) is 21.3 Å². The number of benzene rings is 2. The average molecular weight is 471 g/mol. The van der Waals surface area contributed by atoms with Crippen LogP contribution < -0.4 is 19.5 Å². The minimum Gasteiger partial charge on any atom is -0.493 e. The van der Waals surface area contributed by atoms with E-state index in [2.05, 4.69) is 26.2 Å². The predicted octanol–water partition coefficient (Wildman–Crippen LogP) is 4.78. The van der Waals surface area contributed by atoms with Crippen molar-refractivity contribution in [3.05, 3.63) is 69.8 Å². The van der Waals surface area contributed by atoms with Crippen molar-refractivity contribution in [2.45, 2.75) is 13.5 Å². The number of methoxy groups -OCH3 is 3.